The molecule has 6 N–H and O–H groups in total. The average molecular weight is 631 g/mol. The molecule has 45 heavy (non-hydrogen) atoms. The van der Waals surface area contributed by atoms with E-state index in [4.69, 9.17) is 25.4 Å². The van der Waals surface area contributed by atoms with Gasteiger partial charge in [-0.15, -0.1) is 0 Å². The Morgan fingerprint density at radius 1 is 1.20 bits per heavy atom. The fourth-order valence-corrected chi connectivity index (χ4v) is 6.22. The van der Waals surface area contributed by atoms with Gasteiger partial charge in [0.05, 0.1) is 11.4 Å². The van der Waals surface area contributed by atoms with Gasteiger partial charge >= 0.3 is 18.0 Å². The van der Waals surface area contributed by atoms with Gasteiger partial charge in [0.2, 0.25) is 0 Å². The fourth-order valence-electron chi connectivity index (χ4n) is 6.22. The Hall–Kier alpha value is -3.29. The van der Waals surface area contributed by atoms with E-state index >= 15 is 0 Å². The second-order valence-corrected chi connectivity index (χ2v) is 13.7. The number of amides is 2. The molecule has 0 radical (unpaired) electrons. The highest BCUT2D eigenvalue weighted by Crippen LogP contribution is 2.41. The highest BCUT2D eigenvalue weighted by molar-refractivity contribution is 6.08. The summed E-state index contributed by atoms with van der Waals surface area (Å²) in [5, 5.41) is 21.9. The summed E-state index contributed by atoms with van der Waals surface area (Å²) >= 11 is 0. The van der Waals surface area contributed by atoms with Gasteiger partial charge in [0.25, 0.3) is 0 Å². The van der Waals surface area contributed by atoms with Crippen molar-refractivity contribution in [2.45, 2.75) is 115 Å². The van der Waals surface area contributed by atoms with E-state index in [1.54, 1.807) is 24.0 Å². The number of hydrogen-bond acceptors (Lipinski definition) is 9. The van der Waals surface area contributed by atoms with Crippen LogP contribution in [0.3, 0.4) is 0 Å². The van der Waals surface area contributed by atoms with E-state index in [2.05, 4.69) is 15.3 Å². The first-order valence-electron chi connectivity index (χ1n) is 16.1. The zero-order chi connectivity index (χ0) is 32.8. The fraction of sp³-hybridized carbons (Fsp3) is 0.719. The number of aromatic amines is 1. The molecule has 4 rings (SSSR count). The summed E-state index contributed by atoms with van der Waals surface area (Å²) in [5.41, 5.74) is 4.95. The van der Waals surface area contributed by atoms with Crippen LogP contribution in [0, 0.1) is 16.7 Å². The molecule has 0 spiro atoms. The van der Waals surface area contributed by atoms with Crippen LogP contribution in [0.25, 0.3) is 0 Å². The first kappa shape index (κ1) is 34.6. The van der Waals surface area contributed by atoms with Gasteiger partial charge < -0.3 is 34.9 Å². The number of aromatic nitrogens is 1. The largest absolute Gasteiger partial charge is 0.463 e. The molecule has 0 aromatic carbocycles. The van der Waals surface area contributed by atoms with Gasteiger partial charge in [0, 0.05) is 19.5 Å². The van der Waals surface area contributed by atoms with E-state index in [9.17, 15) is 19.5 Å². The average Bonchev–Trinajstić information content (AvgIpc) is 3.71. The van der Waals surface area contributed by atoms with Crippen molar-refractivity contribution < 1.29 is 33.7 Å². The predicted molar refractivity (Wildman–Crippen MR) is 168 cm³/mol. The summed E-state index contributed by atoms with van der Waals surface area (Å²) in [6.45, 7) is 8.14. The van der Waals surface area contributed by atoms with Gasteiger partial charge in [-0.05, 0) is 56.1 Å². The van der Waals surface area contributed by atoms with E-state index in [0.717, 1.165) is 44.9 Å². The molecular formula is C32H50N6O7. The number of rotatable bonds is 9. The third-order valence-electron chi connectivity index (χ3n) is 9.20. The molecule has 0 bridgehead atoms. The van der Waals surface area contributed by atoms with Crippen molar-refractivity contribution in [1.82, 2.24) is 15.2 Å². The normalized spacial score (nSPS) is 27.1. The molecule has 3 fully saturated rings. The summed E-state index contributed by atoms with van der Waals surface area (Å²) in [5.74, 6) is -0.647. The van der Waals surface area contributed by atoms with Crippen LogP contribution in [0.1, 0.15) is 96.9 Å². The number of carbonyl (C=O) groups excluding carboxylic acids is 3. The molecule has 1 saturated carbocycles. The van der Waals surface area contributed by atoms with Crippen LogP contribution in [-0.2, 0) is 29.4 Å². The van der Waals surface area contributed by atoms with E-state index in [0.29, 0.717) is 30.9 Å². The monoisotopic (exact) mass is 630 g/mol. The molecular weight excluding hydrogens is 580 g/mol. The molecule has 3 heterocycles. The van der Waals surface area contributed by atoms with E-state index in [1.807, 2.05) is 20.8 Å². The lowest BCUT2D eigenvalue weighted by Crippen LogP contribution is -2.48. The maximum Gasteiger partial charge on any atom is 0.323 e. The van der Waals surface area contributed by atoms with E-state index < -0.39 is 41.3 Å². The summed E-state index contributed by atoms with van der Waals surface area (Å²) in [6.07, 6.45) is 6.02. The summed E-state index contributed by atoms with van der Waals surface area (Å²) in [7, 11) is 0. The number of amidine groups is 1. The second kappa shape index (κ2) is 14.9. The number of ether oxygens (including phenoxy) is 3. The van der Waals surface area contributed by atoms with E-state index in [-0.39, 0.29) is 30.4 Å². The number of hydrogen-bond donors (Lipinski definition) is 5. The quantitative estimate of drug-likeness (QED) is 0.119. The SMILES string of the molecule is CC(C)(C)[C@H](N)C(=O)O[C@H]1[C@@H](O)[C@](C)(c2ccc(/C(=N\C=N)NC(=O)N3CCCC3)[nH]2)O[C@@H]1COC(=O)CC1CCCCCC1. The Morgan fingerprint density at radius 2 is 1.87 bits per heavy atom. The van der Waals surface area contributed by atoms with Gasteiger partial charge in [-0.25, -0.2) is 9.79 Å². The molecule has 2 aliphatic heterocycles. The molecule has 2 saturated heterocycles. The van der Waals surface area contributed by atoms with Gasteiger partial charge in [-0.2, -0.15) is 0 Å². The third-order valence-corrected chi connectivity index (χ3v) is 9.20. The molecule has 3 aliphatic rings. The Labute approximate surface area is 265 Å². The van der Waals surface area contributed by atoms with Crippen molar-refractivity contribution in [1.29, 1.82) is 5.41 Å². The molecule has 0 unspecified atom stereocenters. The minimum absolute atomic E-state index is 0.132. The highest BCUT2D eigenvalue weighted by Gasteiger charge is 2.56. The number of aliphatic hydroxyl groups excluding tert-OH is 1. The molecule has 1 aromatic heterocycles. The van der Waals surface area contributed by atoms with Crippen molar-refractivity contribution in [3.63, 3.8) is 0 Å². The van der Waals surface area contributed by atoms with Gasteiger partial charge in [-0.1, -0.05) is 46.5 Å². The van der Waals surface area contributed by atoms with E-state index in [1.165, 1.54) is 12.8 Å². The Morgan fingerprint density at radius 3 is 2.49 bits per heavy atom. The third kappa shape index (κ3) is 8.50. The number of nitrogens with two attached hydrogens (primary N) is 1. The number of likely N-dealkylation sites (tertiary alicyclic amines) is 1. The molecule has 1 aromatic rings. The number of esters is 2. The molecule has 13 heteroatoms. The zero-order valence-corrected chi connectivity index (χ0v) is 27.0. The number of urea groups is 1. The zero-order valence-electron chi connectivity index (χ0n) is 27.0. The Kier molecular flexibility index (Phi) is 11.4. The van der Waals surface area contributed by atoms with Gasteiger partial charge in [0.1, 0.15) is 36.8 Å². The number of nitrogens with one attached hydrogen (secondary N) is 3. The van der Waals surface area contributed by atoms with Crippen LogP contribution in [0.2, 0.25) is 0 Å². The first-order chi connectivity index (χ1) is 21.3. The van der Waals surface area contributed by atoms with Crippen LogP contribution in [0.15, 0.2) is 17.1 Å². The first-order valence-corrected chi connectivity index (χ1v) is 16.1. The van der Waals surface area contributed by atoms with Gasteiger partial charge in [-0.3, -0.25) is 20.3 Å². The summed E-state index contributed by atoms with van der Waals surface area (Å²) in [6, 6.07) is 2.03. The summed E-state index contributed by atoms with van der Waals surface area (Å²) in [4.78, 5) is 47.5. The standard InChI is InChI=1S/C32H50N6O7/c1-31(2,3)26(34)29(41)44-25-22(18-43-24(39)17-20-11-7-5-6-8-12-20)45-32(4,27(25)40)23-14-13-21(36-23)28(35-19-33)37-30(42)38-15-9-10-16-38/h13-14,19-20,22,25-27,36,40H,5-12,15-18,34H2,1-4H3,(H2,33,35,37,42)/t22-,25-,26-,27-,32+/m1/s1. The molecule has 5 atom stereocenters. The Balaban J connectivity index is 1.52. The second-order valence-electron chi connectivity index (χ2n) is 13.7. The number of H-pyrrole nitrogens is 1. The molecule has 1 aliphatic carbocycles. The lowest BCUT2D eigenvalue weighted by Gasteiger charge is -2.29. The Bertz CT molecular complexity index is 1230. The van der Waals surface area contributed by atoms with Crippen LogP contribution >= 0.6 is 0 Å². The van der Waals surface area contributed by atoms with Crippen LogP contribution in [0.4, 0.5) is 4.79 Å². The lowest BCUT2D eigenvalue weighted by molar-refractivity contribution is -0.163. The minimum atomic E-state index is -1.43. The minimum Gasteiger partial charge on any atom is -0.463 e. The predicted octanol–water partition coefficient (Wildman–Crippen LogP) is 3.34. The molecule has 2 amide bonds. The highest BCUT2D eigenvalue weighted by atomic mass is 16.6. The van der Waals surface area contributed by atoms with Crippen LogP contribution in [0.5, 0.6) is 0 Å². The maximum absolute atomic E-state index is 13.1. The van der Waals surface area contributed by atoms with Crippen molar-refractivity contribution >= 4 is 30.1 Å². The number of aliphatic imine (C=N–C) groups is 1. The maximum atomic E-state index is 13.1. The summed E-state index contributed by atoms with van der Waals surface area (Å²) < 4.78 is 17.8. The topological polar surface area (TPSA) is 192 Å². The van der Waals surface area contributed by atoms with Gasteiger partial charge in [0.15, 0.2) is 11.9 Å². The molecule has 250 valence electrons. The smallest absolute Gasteiger partial charge is 0.323 e. The number of nitrogens with zero attached hydrogens (tertiary/aromatic N) is 2. The van der Waals surface area contributed by atoms with Crippen molar-refractivity contribution in [3.8, 4) is 0 Å². The number of carbonyl (C=O) groups is 3. The molecule has 13 nitrogen and oxygen atoms in total. The van der Waals surface area contributed by atoms with Crippen LogP contribution < -0.4 is 11.1 Å². The van der Waals surface area contributed by atoms with Crippen LogP contribution in [-0.4, -0.2) is 89.2 Å². The number of aliphatic hydroxyl groups is 1. The van der Waals surface area contributed by atoms with Crippen molar-refractivity contribution in [2.24, 2.45) is 22.1 Å². The van der Waals surface area contributed by atoms with Crippen molar-refractivity contribution in [3.05, 3.63) is 23.5 Å². The lowest BCUT2D eigenvalue weighted by atomic mass is 9.87. The van der Waals surface area contributed by atoms with Crippen molar-refractivity contribution in [2.75, 3.05) is 19.7 Å².